The number of hydrogen-bond acceptors (Lipinski definition) is 4. The standard InChI is InChI=1S/C15H20N2O3/c16-12-3-1-2-6-17(9-12)15(18)8-11-4-5-13-14(7-11)20-10-19-13/h4-5,7,12H,1-3,6,8-10,16H2. The first kappa shape index (κ1) is 13.2. The van der Waals surface area contributed by atoms with E-state index in [9.17, 15) is 4.79 Å². The molecule has 0 bridgehead atoms. The largest absolute Gasteiger partial charge is 0.454 e. The van der Waals surface area contributed by atoms with Gasteiger partial charge in [0.1, 0.15) is 0 Å². The summed E-state index contributed by atoms with van der Waals surface area (Å²) in [7, 11) is 0. The van der Waals surface area contributed by atoms with Gasteiger partial charge in [0, 0.05) is 19.1 Å². The minimum atomic E-state index is 0.109. The van der Waals surface area contributed by atoms with E-state index in [0.717, 1.165) is 42.9 Å². The van der Waals surface area contributed by atoms with Crippen LogP contribution in [0.5, 0.6) is 11.5 Å². The van der Waals surface area contributed by atoms with Gasteiger partial charge in [-0.05, 0) is 30.5 Å². The summed E-state index contributed by atoms with van der Waals surface area (Å²) in [5.41, 5.74) is 6.96. The molecule has 1 atom stereocenters. The predicted octanol–water partition coefficient (Wildman–Crippen LogP) is 1.30. The van der Waals surface area contributed by atoms with E-state index in [1.807, 2.05) is 23.1 Å². The van der Waals surface area contributed by atoms with E-state index < -0.39 is 0 Å². The van der Waals surface area contributed by atoms with Crippen LogP contribution in [0, 0.1) is 0 Å². The highest BCUT2D eigenvalue weighted by Gasteiger charge is 2.21. The normalized spacial score (nSPS) is 21.6. The second-order valence-corrected chi connectivity index (χ2v) is 5.46. The number of likely N-dealkylation sites (tertiary alicyclic amines) is 1. The van der Waals surface area contributed by atoms with Crippen LogP contribution >= 0.6 is 0 Å². The van der Waals surface area contributed by atoms with E-state index in [1.54, 1.807) is 0 Å². The maximum Gasteiger partial charge on any atom is 0.231 e. The van der Waals surface area contributed by atoms with Crippen LogP contribution in [0.3, 0.4) is 0 Å². The van der Waals surface area contributed by atoms with Gasteiger partial charge < -0.3 is 20.1 Å². The van der Waals surface area contributed by atoms with Crippen molar-refractivity contribution < 1.29 is 14.3 Å². The summed E-state index contributed by atoms with van der Waals surface area (Å²) in [6.07, 6.45) is 3.55. The fraction of sp³-hybridized carbons (Fsp3) is 0.533. The summed E-state index contributed by atoms with van der Waals surface area (Å²) in [6.45, 7) is 1.74. The fourth-order valence-electron chi connectivity index (χ4n) is 2.74. The Balaban J connectivity index is 1.66. The second kappa shape index (κ2) is 5.71. The van der Waals surface area contributed by atoms with Gasteiger partial charge in [-0.1, -0.05) is 12.5 Å². The van der Waals surface area contributed by atoms with Crippen molar-refractivity contribution in [3.63, 3.8) is 0 Å². The molecule has 1 unspecified atom stereocenters. The Hall–Kier alpha value is -1.75. The molecule has 0 aromatic heterocycles. The zero-order chi connectivity index (χ0) is 13.9. The molecule has 5 nitrogen and oxygen atoms in total. The van der Waals surface area contributed by atoms with Crippen LogP contribution in [0.15, 0.2) is 18.2 Å². The van der Waals surface area contributed by atoms with Crippen LogP contribution in [0.1, 0.15) is 24.8 Å². The summed E-state index contributed by atoms with van der Waals surface area (Å²) < 4.78 is 10.6. The molecule has 1 aromatic rings. The second-order valence-electron chi connectivity index (χ2n) is 5.46. The molecule has 1 aromatic carbocycles. The van der Waals surface area contributed by atoms with Crippen molar-refractivity contribution in [3.05, 3.63) is 23.8 Å². The average molecular weight is 276 g/mol. The van der Waals surface area contributed by atoms with E-state index >= 15 is 0 Å². The Kier molecular flexibility index (Phi) is 3.78. The molecule has 1 fully saturated rings. The number of fused-ring (bicyclic) bond motifs is 1. The third-order valence-corrected chi connectivity index (χ3v) is 3.85. The molecule has 2 heterocycles. The minimum Gasteiger partial charge on any atom is -0.454 e. The molecule has 1 saturated heterocycles. The number of hydrogen-bond donors (Lipinski definition) is 1. The number of nitrogens with two attached hydrogens (primary N) is 1. The van der Waals surface area contributed by atoms with Crippen LogP contribution in [0.4, 0.5) is 0 Å². The van der Waals surface area contributed by atoms with Crippen molar-refractivity contribution in [1.29, 1.82) is 0 Å². The number of rotatable bonds is 2. The molecule has 0 radical (unpaired) electrons. The van der Waals surface area contributed by atoms with E-state index in [-0.39, 0.29) is 18.7 Å². The van der Waals surface area contributed by atoms with Crippen molar-refractivity contribution >= 4 is 5.91 Å². The average Bonchev–Trinajstić information content (AvgIpc) is 2.78. The first-order valence-corrected chi connectivity index (χ1v) is 7.14. The quantitative estimate of drug-likeness (QED) is 0.884. The minimum absolute atomic E-state index is 0.109. The Bertz CT molecular complexity index is 504. The highest BCUT2D eigenvalue weighted by Crippen LogP contribution is 2.32. The van der Waals surface area contributed by atoms with Crippen LogP contribution in [0.25, 0.3) is 0 Å². The van der Waals surface area contributed by atoms with Crippen molar-refractivity contribution in [2.24, 2.45) is 5.73 Å². The highest BCUT2D eigenvalue weighted by molar-refractivity contribution is 5.79. The molecular formula is C15H20N2O3. The Morgan fingerprint density at radius 1 is 1.30 bits per heavy atom. The highest BCUT2D eigenvalue weighted by atomic mass is 16.7. The lowest BCUT2D eigenvalue weighted by atomic mass is 10.1. The zero-order valence-corrected chi connectivity index (χ0v) is 11.5. The Morgan fingerprint density at radius 3 is 3.05 bits per heavy atom. The van der Waals surface area contributed by atoms with Gasteiger partial charge in [-0.2, -0.15) is 0 Å². The van der Waals surface area contributed by atoms with Gasteiger partial charge in [0.15, 0.2) is 11.5 Å². The maximum atomic E-state index is 12.4. The first-order chi connectivity index (χ1) is 9.72. The van der Waals surface area contributed by atoms with Gasteiger partial charge >= 0.3 is 0 Å². The molecule has 1 amide bonds. The molecular weight excluding hydrogens is 256 g/mol. The topological polar surface area (TPSA) is 64.8 Å². The SMILES string of the molecule is NC1CCCCN(C(=O)Cc2ccc3c(c2)OCO3)C1. The van der Waals surface area contributed by atoms with E-state index in [2.05, 4.69) is 0 Å². The zero-order valence-electron chi connectivity index (χ0n) is 11.5. The lowest BCUT2D eigenvalue weighted by molar-refractivity contribution is -0.130. The third-order valence-electron chi connectivity index (χ3n) is 3.85. The molecule has 2 aliphatic rings. The van der Waals surface area contributed by atoms with E-state index in [0.29, 0.717) is 13.0 Å². The predicted molar refractivity (Wildman–Crippen MR) is 74.7 cm³/mol. The number of carbonyl (C=O) groups excluding carboxylic acids is 1. The van der Waals surface area contributed by atoms with Crippen molar-refractivity contribution in [2.45, 2.75) is 31.7 Å². The van der Waals surface area contributed by atoms with Crippen LogP contribution in [-0.2, 0) is 11.2 Å². The molecule has 20 heavy (non-hydrogen) atoms. The Labute approximate surface area is 118 Å². The van der Waals surface area contributed by atoms with Gasteiger partial charge in [-0.25, -0.2) is 0 Å². The summed E-state index contributed by atoms with van der Waals surface area (Å²) in [6, 6.07) is 5.78. The molecule has 5 heteroatoms. The van der Waals surface area contributed by atoms with Gasteiger partial charge in [0.25, 0.3) is 0 Å². The first-order valence-electron chi connectivity index (χ1n) is 7.14. The smallest absolute Gasteiger partial charge is 0.231 e. The maximum absolute atomic E-state index is 12.4. The fourth-order valence-corrected chi connectivity index (χ4v) is 2.74. The third kappa shape index (κ3) is 2.88. The van der Waals surface area contributed by atoms with Gasteiger partial charge in [-0.15, -0.1) is 0 Å². The number of carbonyl (C=O) groups is 1. The van der Waals surface area contributed by atoms with Gasteiger partial charge in [-0.3, -0.25) is 4.79 Å². The molecule has 0 spiro atoms. The summed E-state index contributed by atoms with van der Waals surface area (Å²) >= 11 is 0. The molecule has 0 aliphatic carbocycles. The Morgan fingerprint density at radius 2 is 2.15 bits per heavy atom. The van der Waals surface area contributed by atoms with E-state index in [4.69, 9.17) is 15.2 Å². The number of amides is 1. The summed E-state index contributed by atoms with van der Waals surface area (Å²) in [4.78, 5) is 14.3. The molecule has 108 valence electrons. The molecule has 2 N–H and O–H groups in total. The van der Waals surface area contributed by atoms with Crippen LogP contribution in [0.2, 0.25) is 0 Å². The lowest BCUT2D eigenvalue weighted by Gasteiger charge is -2.22. The molecule has 2 aliphatic heterocycles. The van der Waals surface area contributed by atoms with Crippen molar-refractivity contribution in [1.82, 2.24) is 4.90 Å². The van der Waals surface area contributed by atoms with Crippen LogP contribution < -0.4 is 15.2 Å². The number of benzene rings is 1. The summed E-state index contributed by atoms with van der Waals surface area (Å²) in [5.74, 6) is 1.61. The van der Waals surface area contributed by atoms with Crippen molar-refractivity contribution in [3.8, 4) is 11.5 Å². The monoisotopic (exact) mass is 276 g/mol. The van der Waals surface area contributed by atoms with Gasteiger partial charge in [0.2, 0.25) is 12.7 Å². The number of ether oxygens (including phenoxy) is 2. The summed E-state index contributed by atoms with van der Waals surface area (Å²) in [5, 5.41) is 0. The molecule has 3 rings (SSSR count). The lowest BCUT2D eigenvalue weighted by Crippen LogP contribution is -2.40. The van der Waals surface area contributed by atoms with Crippen LogP contribution in [-0.4, -0.2) is 36.7 Å². The van der Waals surface area contributed by atoms with Gasteiger partial charge in [0.05, 0.1) is 6.42 Å². The number of nitrogens with zero attached hydrogens (tertiary/aromatic N) is 1. The van der Waals surface area contributed by atoms with Crippen molar-refractivity contribution in [2.75, 3.05) is 19.9 Å². The van der Waals surface area contributed by atoms with E-state index in [1.165, 1.54) is 0 Å². The molecule has 0 saturated carbocycles.